The van der Waals surface area contributed by atoms with Gasteiger partial charge in [-0.2, -0.15) is 0 Å². The first kappa shape index (κ1) is 25.0. The Morgan fingerprint density at radius 3 is 2.68 bits per heavy atom. The third-order valence-electron chi connectivity index (χ3n) is 4.64. The molecule has 178 valence electrons. The Bertz CT molecular complexity index is 1130. The fourth-order valence-corrected chi connectivity index (χ4v) is 3.76. The van der Waals surface area contributed by atoms with E-state index >= 15 is 0 Å². The normalized spacial score (nSPS) is 10.5. The van der Waals surface area contributed by atoms with Gasteiger partial charge in [0, 0.05) is 12.2 Å². The van der Waals surface area contributed by atoms with Crippen LogP contribution in [0.5, 0.6) is 5.75 Å². The van der Waals surface area contributed by atoms with Gasteiger partial charge in [-0.1, -0.05) is 36.9 Å². The fraction of sp³-hybridized carbons (Fsp3) is 0.280. The summed E-state index contributed by atoms with van der Waals surface area (Å²) in [5, 5.41) is 11.9. The molecular formula is C25H28N4O4S. The van der Waals surface area contributed by atoms with E-state index in [0.717, 1.165) is 17.7 Å². The lowest BCUT2D eigenvalue weighted by molar-refractivity contribution is -0.113. The molecule has 1 heterocycles. The summed E-state index contributed by atoms with van der Waals surface area (Å²) in [6, 6.07) is 14.4. The summed E-state index contributed by atoms with van der Waals surface area (Å²) in [5.41, 5.74) is 2.15. The second kappa shape index (κ2) is 12.6. The number of anilines is 1. The van der Waals surface area contributed by atoms with Crippen molar-refractivity contribution in [1.29, 1.82) is 0 Å². The quantitative estimate of drug-likeness (QED) is 0.229. The number of rotatable bonds is 12. The number of nitrogens with zero attached hydrogens (tertiary/aromatic N) is 3. The largest absolute Gasteiger partial charge is 0.486 e. The van der Waals surface area contributed by atoms with Crippen molar-refractivity contribution in [3.05, 3.63) is 78.1 Å². The number of nitrogens with one attached hydrogen (secondary N) is 1. The summed E-state index contributed by atoms with van der Waals surface area (Å²) >= 11 is 1.28. The Hall–Kier alpha value is -3.59. The highest BCUT2D eigenvalue weighted by atomic mass is 32.2. The number of carbonyl (C=O) groups excluding carboxylic acids is 2. The molecule has 0 aliphatic heterocycles. The zero-order valence-corrected chi connectivity index (χ0v) is 20.1. The average molecular weight is 481 g/mol. The van der Waals surface area contributed by atoms with E-state index in [0.29, 0.717) is 35.4 Å². The molecule has 0 bridgehead atoms. The van der Waals surface area contributed by atoms with Gasteiger partial charge >= 0.3 is 5.97 Å². The summed E-state index contributed by atoms with van der Waals surface area (Å²) in [6.07, 6.45) is 2.51. The zero-order valence-electron chi connectivity index (χ0n) is 19.3. The minimum absolute atomic E-state index is 0.147. The van der Waals surface area contributed by atoms with Crippen LogP contribution < -0.4 is 10.1 Å². The molecule has 9 heteroatoms. The Morgan fingerprint density at radius 2 is 1.97 bits per heavy atom. The summed E-state index contributed by atoms with van der Waals surface area (Å²) < 4.78 is 12.8. The van der Waals surface area contributed by atoms with Crippen LogP contribution in [0.3, 0.4) is 0 Å². The van der Waals surface area contributed by atoms with Crippen molar-refractivity contribution < 1.29 is 19.1 Å². The minimum Gasteiger partial charge on any atom is -0.486 e. The first-order chi connectivity index (χ1) is 16.5. The fourth-order valence-electron chi connectivity index (χ4n) is 2.99. The van der Waals surface area contributed by atoms with Crippen LogP contribution in [-0.4, -0.2) is 39.0 Å². The Balaban J connectivity index is 1.55. The number of benzene rings is 2. The molecule has 0 aliphatic rings. The van der Waals surface area contributed by atoms with Crippen LogP contribution >= 0.6 is 11.8 Å². The number of ether oxygens (including phenoxy) is 2. The number of allylic oxidation sites excluding steroid dienone is 1. The van der Waals surface area contributed by atoms with E-state index in [2.05, 4.69) is 22.1 Å². The predicted octanol–water partition coefficient (Wildman–Crippen LogP) is 4.65. The highest BCUT2D eigenvalue weighted by Crippen LogP contribution is 2.20. The molecule has 2 aromatic carbocycles. The maximum atomic E-state index is 12.4. The highest BCUT2D eigenvalue weighted by molar-refractivity contribution is 7.99. The lowest BCUT2D eigenvalue weighted by Gasteiger charge is -2.10. The third-order valence-corrected chi connectivity index (χ3v) is 5.60. The Morgan fingerprint density at radius 1 is 1.18 bits per heavy atom. The minimum atomic E-state index is -0.376. The molecule has 0 aliphatic carbocycles. The number of thioether (sulfide) groups is 1. The topological polar surface area (TPSA) is 95.3 Å². The van der Waals surface area contributed by atoms with Crippen LogP contribution in [0.15, 0.2) is 66.3 Å². The van der Waals surface area contributed by atoms with Gasteiger partial charge in [-0.15, -0.1) is 16.8 Å². The molecule has 1 amide bonds. The predicted molar refractivity (Wildman–Crippen MR) is 132 cm³/mol. The van der Waals surface area contributed by atoms with Gasteiger partial charge in [-0.05, 0) is 55.3 Å². The van der Waals surface area contributed by atoms with Crippen molar-refractivity contribution >= 4 is 29.3 Å². The van der Waals surface area contributed by atoms with Crippen molar-refractivity contribution in [3.63, 3.8) is 0 Å². The molecule has 0 atom stereocenters. The third kappa shape index (κ3) is 7.21. The second-order valence-corrected chi connectivity index (χ2v) is 8.40. The van der Waals surface area contributed by atoms with Gasteiger partial charge in [0.2, 0.25) is 5.91 Å². The summed E-state index contributed by atoms with van der Waals surface area (Å²) in [5.74, 6) is 0.978. The maximum absolute atomic E-state index is 12.4. The molecule has 1 N–H and O–H groups in total. The van der Waals surface area contributed by atoms with E-state index in [1.165, 1.54) is 11.8 Å². The van der Waals surface area contributed by atoms with Gasteiger partial charge in [0.15, 0.2) is 11.0 Å². The van der Waals surface area contributed by atoms with Gasteiger partial charge in [-0.3, -0.25) is 9.36 Å². The van der Waals surface area contributed by atoms with Crippen LogP contribution in [0.4, 0.5) is 5.69 Å². The first-order valence-corrected chi connectivity index (χ1v) is 11.9. The monoisotopic (exact) mass is 480 g/mol. The summed E-state index contributed by atoms with van der Waals surface area (Å²) in [6.45, 7) is 8.87. The van der Waals surface area contributed by atoms with Gasteiger partial charge in [0.1, 0.15) is 12.4 Å². The second-order valence-electron chi connectivity index (χ2n) is 7.45. The standard InChI is InChI=1S/C25H28N4O4S/c1-4-13-29-22(16-33-21-8-6-7-18(3)15-21)27-28-25(29)34-17-23(30)26-20-11-9-19(10-12-20)24(31)32-14-5-2/h4,6-12,15H,1,5,13-14,16-17H2,2-3H3,(H,26,30). The first-order valence-electron chi connectivity index (χ1n) is 10.9. The lowest BCUT2D eigenvalue weighted by atomic mass is 10.2. The van der Waals surface area contributed by atoms with Crippen molar-refractivity contribution in [1.82, 2.24) is 14.8 Å². The van der Waals surface area contributed by atoms with Crippen molar-refractivity contribution in [2.45, 2.75) is 38.6 Å². The van der Waals surface area contributed by atoms with Crippen LogP contribution in [0.1, 0.15) is 35.1 Å². The zero-order chi connectivity index (χ0) is 24.3. The van der Waals surface area contributed by atoms with Crippen molar-refractivity contribution in [2.24, 2.45) is 0 Å². The number of amides is 1. The molecule has 0 radical (unpaired) electrons. The molecule has 34 heavy (non-hydrogen) atoms. The van der Waals surface area contributed by atoms with Gasteiger partial charge < -0.3 is 14.8 Å². The maximum Gasteiger partial charge on any atom is 0.338 e. The van der Waals surface area contributed by atoms with E-state index in [1.807, 2.05) is 42.7 Å². The van der Waals surface area contributed by atoms with Crippen molar-refractivity contribution in [3.8, 4) is 5.75 Å². The van der Waals surface area contributed by atoms with Gasteiger partial charge in [-0.25, -0.2) is 4.79 Å². The number of hydrogen-bond donors (Lipinski definition) is 1. The number of hydrogen-bond acceptors (Lipinski definition) is 7. The summed E-state index contributed by atoms with van der Waals surface area (Å²) in [4.78, 5) is 24.3. The van der Waals surface area contributed by atoms with E-state index in [1.54, 1.807) is 30.3 Å². The molecule has 3 aromatic rings. The number of aromatic nitrogens is 3. The molecule has 1 aromatic heterocycles. The molecule has 8 nitrogen and oxygen atoms in total. The molecule has 0 saturated heterocycles. The van der Waals surface area contributed by atoms with Crippen LogP contribution in [0.2, 0.25) is 0 Å². The summed E-state index contributed by atoms with van der Waals surface area (Å²) in [7, 11) is 0. The number of esters is 1. The molecule has 0 saturated carbocycles. The van der Waals surface area contributed by atoms with Gasteiger partial charge in [0.25, 0.3) is 0 Å². The van der Waals surface area contributed by atoms with Gasteiger partial charge in [0.05, 0.1) is 17.9 Å². The Labute approximate surface area is 203 Å². The van der Waals surface area contributed by atoms with E-state index in [9.17, 15) is 9.59 Å². The molecule has 3 rings (SSSR count). The molecule has 0 unspecified atom stereocenters. The molecule has 0 fully saturated rings. The van der Waals surface area contributed by atoms with E-state index in [4.69, 9.17) is 9.47 Å². The van der Waals surface area contributed by atoms with E-state index < -0.39 is 0 Å². The van der Waals surface area contributed by atoms with Crippen LogP contribution in [0.25, 0.3) is 0 Å². The SMILES string of the molecule is C=CCn1c(COc2cccc(C)c2)nnc1SCC(=O)Nc1ccc(C(=O)OCCC)cc1. The molecule has 0 spiro atoms. The van der Waals surface area contributed by atoms with Crippen LogP contribution in [0, 0.1) is 6.92 Å². The van der Waals surface area contributed by atoms with Crippen molar-refractivity contribution in [2.75, 3.05) is 17.7 Å². The average Bonchev–Trinajstić information content (AvgIpc) is 3.22. The smallest absolute Gasteiger partial charge is 0.338 e. The van der Waals surface area contributed by atoms with Crippen LogP contribution in [-0.2, 0) is 22.7 Å². The number of carbonyl (C=O) groups is 2. The number of aryl methyl sites for hydroxylation is 1. The molecular weight excluding hydrogens is 452 g/mol. The lowest BCUT2D eigenvalue weighted by Crippen LogP contribution is -2.15. The Kier molecular flexibility index (Phi) is 9.28. The van der Waals surface area contributed by atoms with E-state index in [-0.39, 0.29) is 24.2 Å². The highest BCUT2D eigenvalue weighted by Gasteiger charge is 2.15.